The van der Waals surface area contributed by atoms with Gasteiger partial charge in [-0.2, -0.15) is 4.91 Å². The van der Waals surface area contributed by atoms with E-state index in [1.54, 1.807) is 0 Å². The van der Waals surface area contributed by atoms with Gasteiger partial charge in [0.25, 0.3) is 0 Å². The van der Waals surface area contributed by atoms with Crippen molar-refractivity contribution in [2.24, 2.45) is 5.18 Å². The van der Waals surface area contributed by atoms with Crippen molar-refractivity contribution < 1.29 is 0 Å². The molecule has 1 aliphatic carbocycles. The number of halogens is 1. The molecule has 0 aromatic rings. The van der Waals surface area contributed by atoms with Crippen LogP contribution in [0.5, 0.6) is 0 Å². The van der Waals surface area contributed by atoms with E-state index in [4.69, 9.17) is 0 Å². The molecule has 1 aliphatic rings. The van der Waals surface area contributed by atoms with Crippen molar-refractivity contribution in [2.75, 3.05) is 6.54 Å². The third-order valence-corrected chi connectivity index (χ3v) is 2.42. The van der Waals surface area contributed by atoms with Gasteiger partial charge >= 0.3 is 0 Å². The maximum Gasteiger partial charge on any atom is 0.106 e. The molecule has 0 saturated heterocycles. The highest BCUT2D eigenvalue weighted by Crippen LogP contribution is 2.23. The van der Waals surface area contributed by atoms with Gasteiger partial charge < -0.3 is 0 Å². The van der Waals surface area contributed by atoms with Crippen LogP contribution in [0.4, 0.5) is 0 Å². The summed E-state index contributed by atoms with van der Waals surface area (Å²) in [5.41, 5.74) is 2.32. The fraction of sp³-hybridized carbons (Fsp3) is 0.500. The van der Waals surface area contributed by atoms with Crippen molar-refractivity contribution in [1.29, 1.82) is 0 Å². The molecule has 11 heavy (non-hydrogen) atoms. The normalized spacial score (nSPS) is 24.0. The van der Waals surface area contributed by atoms with Crippen LogP contribution in [0.3, 0.4) is 0 Å². The first kappa shape index (κ1) is 8.65. The summed E-state index contributed by atoms with van der Waals surface area (Å²) in [5, 5.41) is 2.86. The van der Waals surface area contributed by atoms with Gasteiger partial charge in [-0.3, -0.25) is 0 Å². The molecule has 2 nitrogen and oxygen atoms in total. The van der Waals surface area contributed by atoms with E-state index in [-0.39, 0.29) is 0 Å². The largest absolute Gasteiger partial charge is 0.150 e. The molecule has 1 atom stereocenters. The predicted octanol–water partition coefficient (Wildman–Crippen LogP) is 2.79. The molecule has 0 heterocycles. The molecule has 0 saturated carbocycles. The Morgan fingerprint density at radius 3 is 3.09 bits per heavy atom. The van der Waals surface area contributed by atoms with Crippen LogP contribution in [-0.4, -0.2) is 11.4 Å². The van der Waals surface area contributed by atoms with E-state index in [1.165, 1.54) is 5.57 Å². The first-order valence-electron chi connectivity index (χ1n) is 3.54. The molecule has 0 amide bonds. The lowest BCUT2D eigenvalue weighted by atomic mass is 9.99. The number of hydrogen-bond donors (Lipinski definition) is 0. The molecule has 0 aromatic heterocycles. The monoisotopic (exact) mass is 215 g/mol. The van der Waals surface area contributed by atoms with Crippen molar-refractivity contribution in [3.63, 3.8) is 0 Å². The van der Waals surface area contributed by atoms with E-state index in [0.29, 0.717) is 11.4 Å². The average molecular weight is 216 g/mol. The highest BCUT2D eigenvalue weighted by atomic mass is 79.9. The molecule has 0 N–H and O–H groups in total. The minimum absolute atomic E-state index is 0.308. The van der Waals surface area contributed by atoms with Gasteiger partial charge in [0.05, 0.1) is 0 Å². The van der Waals surface area contributed by atoms with E-state index in [9.17, 15) is 4.91 Å². The van der Waals surface area contributed by atoms with Crippen molar-refractivity contribution in [2.45, 2.75) is 18.2 Å². The molecule has 0 aromatic carbocycles. The van der Waals surface area contributed by atoms with E-state index in [0.717, 1.165) is 12.0 Å². The number of nitrogens with zero attached hydrogens (tertiary/aromatic N) is 1. The Hall–Kier alpha value is -0.440. The number of allylic oxidation sites excluding steroid dienone is 2. The van der Waals surface area contributed by atoms with Crippen LogP contribution in [0.2, 0.25) is 0 Å². The van der Waals surface area contributed by atoms with Crippen molar-refractivity contribution in [3.05, 3.63) is 28.2 Å². The molecule has 3 heteroatoms. The van der Waals surface area contributed by atoms with Gasteiger partial charge in [-0.1, -0.05) is 38.8 Å². The predicted molar refractivity (Wildman–Crippen MR) is 49.8 cm³/mol. The van der Waals surface area contributed by atoms with Crippen LogP contribution < -0.4 is 0 Å². The molecule has 1 unspecified atom stereocenters. The Labute approximate surface area is 74.5 Å². The van der Waals surface area contributed by atoms with Crippen LogP contribution in [-0.2, 0) is 0 Å². The fourth-order valence-electron chi connectivity index (χ4n) is 1.11. The Morgan fingerprint density at radius 2 is 2.55 bits per heavy atom. The molecule has 0 radical (unpaired) electrons. The Bertz CT molecular complexity index is 220. The Kier molecular flexibility index (Phi) is 3.00. The zero-order chi connectivity index (χ0) is 8.27. The Balaban J connectivity index is 2.71. The standard InChI is InChI=1S/C8H10BrNO/c1-6-4-8(9)3-2-7(6)5-10-11/h2-3,8H,4-5H2,1H3. The second-order valence-electron chi connectivity index (χ2n) is 2.67. The Morgan fingerprint density at radius 1 is 1.82 bits per heavy atom. The fourth-order valence-corrected chi connectivity index (χ4v) is 1.75. The third kappa shape index (κ3) is 2.26. The van der Waals surface area contributed by atoms with E-state index in [1.807, 2.05) is 19.1 Å². The molecule has 1 rings (SSSR count). The first-order chi connectivity index (χ1) is 5.24. The summed E-state index contributed by atoms with van der Waals surface area (Å²) < 4.78 is 0. The molecular formula is C8H10BrNO. The third-order valence-electron chi connectivity index (χ3n) is 1.79. The van der Waals surface area contributed by atoms with Crippen molar-refractivity contribution >= 4 is 15.9 Å². The topological polar surface area (TPSA) is 29.4 Å². The SMILES string of the molecule is CC1=C(CN=O)C=CC(Br)C1. The quantitative estimate of drug-likeness (QED) is 0.515. The molecule has 0 bridgehead atoms. The highest BCUT2D eigenvalue weighted by Gasteiger charge is 2.09. The van der Waals surface area contributed by atoms with Crippen LogP contribution in [0.25, 0.3) is 0 Å². The van der Waals surface area contributed by atoms with Gasteiger partial charge in [0, 0.05) is 4.83 Å². The van der Waals surface area contributed by atoms with Crippen LogP contribution in [0.15, 0.2) is 28.5 Å². The lowest BCUT2D eigenvalue weighted by Gasteiger charge is -2.13. The van der Waals surface area contributed by atoms with E-state index >= 15 is 0 Å². The average Bonchev–Trinajstić information content (AvgIpc) is 1.95. The summed E-state index contributed by atoms with van der Waals surface area (Å²) in [6.07, 6.45) is 5.01. The summed E-state index contributed by atoms with van der Waals surface area (Å²) in [7, 11) is 0. The highest BCUT2D eigenvalue weighted by molar-refractivity contribution is 9.09. The number of hydrogen-bond acceptors (Lipinski definition) is 2. The second kappa shape index (κ2) is 3.81. The second-order valence-corrected chi connectivity index (χ2v) is 3.85. The minimum Gasteiger partial charge on any atom is -0.150 e. The van der Waals surface area contributed by atoms with Gasteiger partial charge in [-0.05, 0) is 18.9 Å². The molecule has 0 aliphatic heterocycles. The van der Waals surface area contributed by atoms with Gasteiger partial charge in [0.2, 0.25) is 0 Å². The van der Waals surface area contributed by atoms with Gasteiger partial charge in [-0.25, -0.2) is 0 Å². The summed E-state index contributed by atoms with van der Waals surface area (Å²) in [6, 6.07) is 0. The summed E-state index contributed by atoms with van der Waals surface area (Å²) in [5.74, 6) is 0. The van der Waals surface area contributed by atoms with Gasteiger partial charge in [0.15, 0.2) is 0 Å². The minimum atomic E-state index is 0.308. The lowest BCUT2D eigenvalue weighted by Crippen LogP contribution is -2.03. The number of alkyl halides is 1. The summed E-state index contributed by atoms with van der Waals surface area (Å²) >= 11 is 3.48. The molecule has 0 fully saturated rings. The summed E-state index contributed by atoms with van der Waals surface area (Å²) in [6.45, 7) is 2.35. The van der Waals surface area contributed by atoms with Crippen LogP contribution in [0.1, 0.15) is 13.3 Å². The number of rotatable bonds is 2. The molecular weight excluding hydrogens is 206 g/mol. The van der Waals surface area contributed by atoms with Crippen molar-refractivity contribution in [1.82, 2.24) is 0 Å². The maximum absolute atomic E-state index is 9.97. The van der Waals surface area contributed by atoms with Crippen molar-refractivity contribution in [3.8, 4) is 0 Å². The zero-order valence-electron chi connectivity index (χ0n) is 6.38. The first-order valence-corrected chi connectivity index (χ1v) is 4.45. The van der Waals surface area contributed by atoms with E-state index < -0.39 is 0 Å². The summed E-state index contributed by atoms with van der Waals surface area (Å²) in [4.78, 5) is 10.4. The smallest absolute Gasteiger partial charge is 0.106 e. The zero-order valence-corrected chi connectivity index (χ0v) is 7.97. The van der Waals surface area contributed by atoms with Crippen LogP contribution in [0, 0.1) is 4.91 Å². The van der Waals surface area contributed by atoms with Gasteiger partial charge in [-0.15, -0.1) is 0 Å². The molecule has 60 valence electrons. The van der Waals surface area contributed by atoms with Gasteiger partial charge in [0.1, 0.15) is 6.54 Å². The maximum atomic E-state index is 9.97. The lowest BCUT2D eigenvalue weighted by molar-refractivity contribution is 0.945. The van der Waals surface area contributed by atoms with Crippen LogP contribution >= 0.6 is 15.9 Å². The van der Waals surface area contributed by atoms with E-state index in [2.05, 4.69) is 21.1 Å². The molecule has 0 spiro atoms. The number of nitroso groups, excluding NO2 is 1.